The predicted octanol–water partition coefficient (Wildman–Crippen LogP) is 6.19. The lowest BCUT2D eigenvalue weighted by molar-refractivity contribution is -0.138. The zero-order chi connectivity index (χ0) is 22.1. The second-order valence-electron chi connectivity index (χ2n) is 6.20. The second-order valence-corrected chi connectivity index (χ2v) is 6.20. The van der Waals surface area contributed by atoms with Crippen LogP contribution in [-0.2, 0) is 17.1 Å². The molecular formula is C20H14F6N2O2. The van der Waals surface area contributed by atoms with Gasteiger partial charge in [0.2, 0.25) is 0 Å². The number of benzene rings is 2. The van der Waals surface area contributed by atoms with E-state index in [0.29, 0.717) is 0 Å². The van der Waals surface area contributed by atoms with Crippen molar-refractivity contribution in [3.05, 3.63) is 65.4 Å². The van der Waals surface area contributed by atoms with Crippen molar-refractivity contribution in [2.24, 2.45) is 0 Å². The van der Waals surface area contributed by atoms with Gasteiger partial charge in [-0.25, -0.2) is 4.79 Å². The Kier molecular flexibility index (Phi) is 5.60. The molecule has 0 amide bonds. The summed E-state index contributed by atoms with van der Waals surface area (Å²) in [5.74, 6) is -0.835. The van der Waals surface area contributed by atoms with Crippen molar-refractivity contribution in [3.63, 3.8) is 0 Å². The van der Waals surface area contributed by atoms with Gasteiger partial charge in [-0.2, -0.15) is 26.3 Å². The number of pyridine rings is 1. The van der Waals surface area contributed by atoms with Crippen LogP contribution in [0, 0.1) is 0 Å². The van der Waals surface area contributed by atoms with Crippen LogP contribution in [-0.4, -0.2) is 17.6 Å². The molecule has 0 fully saturated rings. The number of fused-ring (bicyclic) bond motifs is 1. The maximum absolute atomic E-state index is 13.2. The van der Waals surface area contributed by atoms with Crippen LogP contribution in [0.3, 0.4) is 0 Å². The molecule has 0 aliphatic carbocycles. The Morgan fingerprint density at radius 3 is 2.13 bits per heavy atom. The molecule has 0 saturated carbocycles. The van der Waals surface area contributed by atoms with Crippen molar-refractivity contribution in [1.82, 2.24) is 4.98 Å². The number of alkyl halides is 6. The van der Waals surface area contributed by atoms with Crippen molar-refractivity contribution in [3.8, 4) is 0 Å². The van der Waals surface area contributed by atoms with Crippen LogP contribution in [0.2, 0.25) is 0 Å². The summed E-state index contributed by atoms with van der Waals surface area (Å²) >= 11 is 0. The van der Waals surface area contributed by atoms with Crippen LogP contribution in [0.15, 0.2) is 48.7 Å². The lowest BCUT2D eigenvalue weighted by Gasteiger charge is -2.16. The van der Waals surface area contributed by atoms with E-state index in [1.807, 2.05) is 0 Å². The van der Waals surface area contributed by atoms with Crippen molar-refractivity contribution in [2.75, 3.05) is 11.9 Å². The number of rotatable bonds is 4. The first-order chi connectivity index (χ1) is 14.0. The van der Waals surface area contributed by atoms with Crippen LogP contribution < -0.4 is 5.32 Å². The van der Waals surface area contributed by atoms with Crippen LogP contribution in [0.5, 0.6) is 0 Å². The topological polar surface area (TPSA) is 51.2 Å². The maximum atomic E-state index is 13.2. The fourth-order valence-electron chi connectivity index (χ4n) is 2.75. The summed E-state index contributed by atoms with van der Waals surface area (Å²) in [6.45, 7) is 1.57. The first-order valence-electron chi connectivity index (χ1n) is 8.62. The van der Waals surface area contributed by atoms with E-state index in [-0.39, 0.29) is 34.4 Å². The van der Waals surface area contributed by atoms with Crippen LogP contribution in [0.25, 0.3) is 10.9 Å². The van der Waals surface area contributed by atoms with Crippen LogP contribution >= 0.6 is 0 Å². The van der Waals surface area contributed by atoms with Gasteiger partial charge in [0.1, 0.15) is 5.56 Å². The number of nitrogens with zero attached hydrogens (tertiary/aromatic N) is 1. The third-order valence-electron chi connectivity index (χ3n) is 4.17. The van der Waals surface area contributed by atoms with Gasteiger partial charge in [-0.3, -0.25) is 4.98 Å². The molecule has 0 aliphatic heterocycles. The first-order valence-corrected chi connectivity index (χ1v) is 8.62. The van der Waals surface area contributed by atoms with E-state index < -0.39 is 29.4 Å². The molecule has 0 spiro atoms. The van der Waals surface area contributed by atoms with E-state index in [1.54, 1.807) is 6.92 Å². The maximum Gasteiger partial charge on any atom is 0.416 e. The van der Waals surface area contributed by atoms with Gasteiger partial charge in [0.05, 0.1) is 28.9 Å². The highest BCUT2D eigenvalue weighted by Crippen LogP contribution is 2.36. The summed E-state index contributed by atoms with van der Waals surface area (Å²) in [5, 5.41) is 2.70. The molecule has 3 aromatic rings. The molecule has 1 N–H and O–H groups in total. The monoisotopic (exact) mass is 428 g/mol. The van der Waals surface area contributed by atoms with Gasteiger partial charge >= 0.3 is 18.3 Å². The number of esters is 1. The van der Waals surface area contributed by atoms with Gasteiger partial charge in [0, 0.05) is 17.3 Å². The molecule has 4 nitrogen and oxygen atoms in total. The summed E-state index contributed by atoms with van der Waals surface area (Å²) in [6, 6.07) is 6.66. The summed E-state index contributed by atoms with van der Waals surface area (Å²) < 4.78 is 82.7. The number of aromatic nitrogens is 1. The Morgan fingerprint density at radius 1 is 0.967 bits per heavy atom. The van der Waals surface area contributed by atoms with Gasteiger partial charge in [0.25, 0.3) is 0 Å². The van der Waals surface area contributed by atoms with Crippen LogP contribution in [0.4, 0.5) is 37.7 Å². The fraction of sp³-hybridized carbons (Fsp3) is 0.200. The van der Waals surface area contributed by atoms with E-state index >= 15 is 0 Å². The Bertz CT molecular complexity index is 1080. The smallest absolute Gasteiger partial charge is 0.416 e. The molecule has 1 heterocycles. The standard InChI is InChI=1S/C20H14F6N2O2/c1-2-30-18(29)15-10-27-16-8-5-12(20(24,25)26)9-14(16)17(15)28-13-6-3-11(4-7-13)19(21,22)23/h3-10H,2H2,1H3,(H,27,28). The zero-order valence-corrected chi connectivity index (χ0v) is 15.4. The number of carbonyl (C=O) groups excluding carboxylic acids is 1. The summed E-state index contributed by atoms with van der Waals surface area (Å²) in [6.07, 6.45) is -8.04. The molecule has 3 rings (SSSR count). The molecule has 0 radical (unpaired) electrons. The molecule has 0 bridgehead atoms. The average molecular weight is 428 g/mol. The van der Waals surface area contributed by atoms with E-state index in [4.69, 9.17) is 4.74 Å². The Labute approximate surface area is 166 Å². The van der Waals surface area contributed by atoms with Crippen molar-refractivity contribution in [1.29, 1.82) is 0 Å². The lowest BCUT2D eigenvalue weighted by Crippen LogP contribution is -2.10. The van der Waals surface area contributed by atoms with Gasteiger partial charge in [-0.1, -0.05) is 0 Å². The SMILES string of the molecule is CCOC(=O)c1cnc2ccc(C(F)(F)F)cc2c1Nc1ccc(C(F)(F)F)cc1. The van der Waals surface area contributed by atoms with E-state index in [0.717, 1.165) is 48.7 Å². The summed E-state index contributed by atoms with van der Waals surface area (Å²) in [4.78, 5) is 16.3. The number of hydrogen-bond donors (Lipinski definition) is 1. The zero-order valence-electron chi connectivity index (χ0n) is 15.4. The van der Waals surface area contributed by atoms with E-state index in [2.05, 4.69) is 10.3 Å². The van der Waals surface area contributed by atoms with Gasteiger partial charge in [-0.05, 0) is 49.4 Å². The minimum absolute atomic E-state index is 0.0131. The molecule has 0 atom stereocenters. The Hall–Kier alpha value is -3.30. The predicted molar refractivity (Wildman–Crippen MR) is 97.4 cm³/mol. The third-order valence-corrected chi connectivity index (χ3v) is 4.17. The summed E-state index contributed by atoms with van der Waals surface area (Å²) in [5.41, 5.74) is -1.76. The molecular weight excluding hydrogens is 414 g/mol. The molecule has 158 valence electrons. The minimum atomic E-state index is -4.64. The normalized spacial score (nSPS) is 12.1. The first kappa shape index (κ1) is 21.4. The highest BCUT2D eigenvalue weighted by molar-refractivity contribution is 6.06. The van der Waals surface area contributed by atoms with Gasteiger partial charge in [-0.15, -0.1) is 0 Å². The molecule has 0 aliphatic rings. The number of ether oxygens (including phenoxy) is 1. The van der Waals surface area contributed by atoms with E-state index in [9.17, 15) is 31.1 Å². The lowest BCUT2D eigenvalue weighted by atomic mass is 10.1. The molecule has 0 unspecified atom stereocenters. The number of halogens is 6. The number of carbonyl (C=O) groups is 1. The number of hydrogen-bond acceptors (Lipinski definition) is 4. The van der Waals surface area contributed by atoms with Crippen molar-refractivity contribution >= 4 is 28.2 Å². The van der Waals surface area contributed by atoms with Gasteiger partial charge < -0.3 is 10.1 Å². The molecule has 1 aromatic heterocycles. The molecule has 2 aromatic carbocycles. The Morgan fingerprint density at radius 2 is 1.57 bits per heavy atom. The minimum Gasteiger partial charge on any atom is -0.462 e. The Balaban J connectivity index is 2.15. The summed E-state index contributed by atoms with van der Waals surface area (Å²) in [7, 11) is 0. The largest absolute Gasteiger partial charge is 0.462 e. The third kappa shape index (κ3) is 4.47. The molecule has 30 heavy (non-hydrogen) atoms. The molecule has 10 heteroatoms. The highest BCUT2D eigenvalue weighted by atomic mass is 19.4. The number of anilines is 2. The van der Waals surface area contributed by atoms with E-state index in [1.165, 1.54) is 0 Å². The van der Waals surface area contributed by atoms with Crippen molar-refractivity contribution < 1.29 is 35.9 Å². The van der Waals surface area contributed by atoms with Gasteiger partial charge in [0.15, 0.2) is 0 Å². The second kappa shape index (κ2) is 7.85. The van der Waals surface area contributed by atoms with Crippen LogP contribution in [0.1, 0.15) is 28.4 Å². The fourth-order valence-corrected chi connectivity index (χ4v) is 2.75. The average Bonchev–Trinajstić information content (AvgIpc) is 2.67. The quantitative estimate of drug-likeness (QED) is 0.398. The number of nitrogens with one attached hydrogen (secondary N) is 1. The molecule has 0 saturated heterocycles. The highest BCUT2D eigenvalue weighted by Gasteiger charge is 2.32. The van der Waals surface area contributed by atoms with Crippen molar-refractivity contribution in [2.45, 2.75) is 19.3 Å².